The summed E-state index contributed by atoms with van der Waals surface area (Å²) in [6.45, 7) is -3.41. The normalized spacial score (nSPS) is 15.0. The van der Waals surface area contributed by atoms with Gasteiger partial charge in [0.15, 0.2) is 0 Å². The Bertz CT molecular complexity index is 890. The smallest absolute Gasteiger partial charge is 0.387 e. The molecule has 0 aromatic heterocycles. The number of nitrogens with one attached hydrogen (secondary N) is 1. The first kappa shape index (κ1) is 20.2. The summed E-state index contributed by atoms with van der Waals surface area (Å²) in [7, 11) is 1.48. The average molecular weight is 403 g/mol. The summed E-state index contributed by atoms with van der Waals surface area (Å²) in [4.78, 5) is 38.5. The SMILES string of the molecule is CN1CC(=O)N(CC(=O)N[C@H](c2ccccc2)c2ccc(OC(F)F)cc2)C1=O. The van der Waals surface area contributed by atoms with Crippen molar-refractivity contribution in [3.8, 4) is 5.75 Å². The highest BCUT2D eigenvalue weighted by atomic mass is 19.3. The van der Waals surface area contributed by atoms with Crippen molar-refractivity contribution in [3.63, 3.8) is 0 Å². The Balaban J connectivity index is 1.79. The van der Waals surface area contributed by atoms with Crippen LogP contribution in [-0.4, -0.2) is 54.4 Å². The van der Waals surface area contributed by atoms with Gasteiger partial charge in [-0.25, -0.2) is 4.79 Å². The van der Waals surface area contributed by atoms with Gasteiger partial charge in [-0.1, -0.05) is 42.5 Å². The molecule has 1 heterocycles. The van der Waals surface area contributed by atoms with Crippen LogP contribution >= 0.6 is 0 Å². The molecule has 0 bridgehead atoms. The molecule has 0 saturated carbocycles. The Morgan fingerprint density at radius 3 is 2.24 bits per heavy atom. The van der Waals surface area contributed by atoms with E-state index in [4.69, 9.17) is 0 Å². The maximum atomic E-state index is 12.6. The van der Waals surface area contributed by atoms with Crippen LogP contribution in [0.15, 0.2) is 54.6 Å². The highest BCUT2D eigenvalue weighted by Gasteiger charge is 2.35. The second kappa shape index (κ2) is 8.68. The Kier molecular flexibility index (Phi) is 6.06. The van der Waals surface area contributed by atoms with Crippen molar-refractivity contribution in [2.75, 3.05) is 20.1 Å². The molecule has 3 rings (SSSR count). The number of rotatable bonds is 7. The molecule has 1 aliphatic rings. The number of imide groups is 1. The van der Waals surface area contributed by atoms with Crippen molar-refractivity contribution in [2.24, 2.45) is 0 Å². The van der Waals surface area contributed by atoms with E-state index in [0.29, 0.717) is 5.56 Å². The maximum absolute atomic E-state index is 12.6. The first-order valence-electron chi connectivity index (χ1n) is 8.79. The largest absolute Gasteiger partial charge is 0.435 e. The van der Waals surface area contributed by atoms with Crippen molar-refractivity contribution in [2.45, 2.75) is 12.7 Å². The predicted molar refractivity (Wildman–Crippen MR) is 99.2 cm³/mol. The Morgan fingerprint density at radius 1 is 1.07 bits per heavy atom. The van der Waals surface area contributed by atoms with Gasteiger partial charge >= 0.3 is 12.6 Å². The quantitative estimate of drug-likeness (QED) is 0.720. The number of likely N-dealkylation sites (N-methyl/N-ethyl adjacent to an activating group) is 1. The Labute approximate surface area is 165 Å². The maximum Gasteiger partial charge on any atom is 0.387 e. The van der Waals surface area contributed by atoms with Gasteiger partial charge in [0, 0.05) is 7.05 Å². The highest BCUT2D eigenvalue weighted by molar-refractivity contribution is 6.04. The molecule has 1 saturated heterocycles. The highest BCUT2D eigenvalue weighted by Crippen LogP contribution is 2.25. The number of carbonyl (C=O) groups excluding carboxylic acids is 3. The van der Waals surface area contributed by atoms with Crippen molar-refractivity contribution >= 4 is 17.8 Å². The number of hydrogen-bond acceptors (Lipinski definition) is 4. The average Bonchev–Trinajstić information content (AvgIpc) is 2.93. The molecular formula is C20H19F2N3O4. The lowest BCUT2D eigenvalue weighted by Gasteiger charge is -2.22. The summed E-state index contributed by atoms with van der Waals surface area (Å²) >= 11 is 0. The second-order valence-electron chi connectivity index (χ2n) is 6.48. The standard InChI is InChI=1S/C20H19F2N3O4/c1-24-12-17(27)25(20(24)28)11-16(26)23-18(13-5-3-2-4-6-13)14-7-9-15(10-8-14)29-19(21)22/h2-10,18-19H,11-12H2,1H3,(H,23,26)/t18-/m1/s1. The van der Waals surface area contributed by atoms with E-state index in [1.165, 1.54) is 24.1 Å². The molecule has 1 N–H and O–H groups in total. The van der Waals surface area contributed by atoms with Crippen LogP contribution in [-0.2, 0) is 9.59 Å². The van der Waals surface area contributed by atoms with Gasteiger partial charge in [-0.2, -0.15) is 8.78 Å². The van der Waals surface area contributed by atoms with Gasteiger partial charge in [0.1, 0.15) is 18.8 Å². The van der Waals surface area contributed by atoms with Crippen LogP contribution in [0.2, 0.25) is 0 Å². The number of urea groups is 1. The van der Waals surface area contributed by atoms with E-state index < -0.39 is 37.0 Å². The lowest BCUT2D eigenvalue weighted by Crippen LogP contribution is -2.42. The van der Waals surface area contributed by atoms with E-state index in [2.05, 4.69) is 10.1 Å². The van der Waals surface area contributed by atoms with Crippen molar-refractivity contribution in [1.29, 1.82) is 0 Å². The zero-order chi connectivity index (χ0) is 21.0. The minimum Gasteiger partial charge on any atom is -0.435 e. The Morgan fingerprint density at radius 2 is 1.69 bits per heavy atom. The van der Waals surface area contributed by atoms with Crippen LogP contribution < -0.4 is 10.1 Å². The molecule has 152 valence electrons. The molecule has 2 aromatic carbocycles. The topological polar surface area (TPSA) is 79.0 Å². The molecule has 4 amide bonds. The number of hydrogen-bond donors (Lipinski definition) is 1. The lowest BCUT2D eigenvalue weighted by atomic mass is 9.98. The molecule has 9 heteroatoms. The van der Waals surface area contributed by atoms with E-state index in [-0.39, 0.29) is 12.3 Å². The predicted octanol–water partition coefficient (Wildman–Crippen LogP) is 2.39. The van der Waals surface area contributed by atoms with Gasteiger partial charge in [0.2, 0.25) is 5.91 Å². The molecule has 1 aliphatic heterocycles. The first-order valence-corrected chi connectivity index (χ1v) is 8.79. The number of ether oxygens (including phenoxy) is 1. The number of benzene rings is 2. The van der Waals surface area contributed by atoms with E-state index in [1.807, 2.05) is 6.07 Å². The molecule has 1 atom stereocenters. The lowest BCUT2D eigenvalue weighted by molar-refractivity contribution is -0.130. The fourth-order valence-corrected chi connectivity index (χ4v) is 3.02. The summed E-state index contributed by atoms with van der Waals surface area (Å²) in [6.07, 6.45) is 0. The summed E-state index contributed by atoms with van der Waals surface area (Å²) in [5.41, 5.74) is 1.38. The van der Waals surface area contributed by atoms with Gasteiger partial charge in [0.25, 0.3) is 5.91 Å². The zero-order valence-electron chi connectivity index (χ0n) is 15.5. The molecule has 0 aliphatic carbocycles. The molecule has 0 radical (unpaired) electrons. The van der Waals surface area contributed by atoms with Gasteiger partial charge in [-0.15, -0.1) is 0 Å². The van der Waals surface area contributed by atoms with Crippen molar-refractivity contribution in [3.05, 3.63) is 65.7 Å². The summed E-state index contributed by atoms with van der Waals surface area (Å²) < 4.78 is 29.1. The molecule has 0 spiro atoms. The summed E-state index contributed by atoms with van der Waals surface area (Å²) in [5, 5.41) is 2.80. The number of carbonyl (C=O) groups is 3. The first-order chi connectivity index (χ1) is 13.8. The number of nitrogens with zero attached hydrogens (tertiary/aromatic N) is 2. The third-order valence-electron chi connectivity index (χ3n) is 4.41. The summed E-state index contributed by atoms with van der Waals surface area (Å²) in [6, 6.07) is 13.8. The number of alkyl halides is 2. The fourth-order valence-electron chi connectivity index (χ4n) is 3.02. The van der Waals surface area contributed by atoms with Crippen LogP contribution in [0.5, 0.6) is 5.75 Å². The monoisotopic (exact) mass is 403 g/mol. The molecule has 1 fully saturated rings. The minimum absolute atomic E-state index is 0.00168. The van der Waals surface area contributed by atoms with Crippen molar-refractivity contribution in [1.82, 2.24) is 15.1 Å². The third kappa shape index (κ3) is 4.87. The molecule has 2 aromatic rings. The molecule has 0 unspecified atom stereocenters. The fraction of sp³-hybridized carbons (Fsp3) is 0.250. The molecule has 29 heavy (non-hydrogen) atoms. The van der Waals surface area contributed by atoms with E-state index in [0.717, 1.165) is 10.5 Å². The van der Waals surface area contributed by atoms with E-state index >= 15 is 0 Å². The van der Waals surface area contributed by atoms with Crippen molar-refractivity contribution < 1.29 is 27.9 Å². The molecule has 7 nitrogen and oxygen atoms in total. The third-order valence-corrected chi connectivity index (χ3v) is 4.41. The Hall–Kier alpha value is -3.49. The van der Waals surface area contributed by atoms with Gasteiger partial charge in [0.05, 0.1) is 6.04 Å². The van der Waals surface area contributed by atoms with Crippen LogP contribution in [0.3, 0.4) is 0 Å². The van der Waals surface area contributed by atoms with Crippen LogP contribution in [0.25, 0.3) is 0 Å². The van der Waals surface area contributed by atoms with Gasteiger partial charge < -0.3 is 15.0 Å². The van der Waals surface area contributed by atoms with Gasteiger partial charge in [-0.05, 0) is 23.3 Å². The minimum atomic E-state index is -2.93. The van der Waals surface area contributed by atoms with Crippen LogP contribution in [0.1, 0.15) is 17.2 Å². The number of amides is 4. The summed E-state index contributed by atoms with van der Waals surface area (Å²) in [5.74, 6) is -0.973. The van der Waals surface area contributed by atoms with E-state index in [1.54, 1.807) is 36.4 Å². The van der Waals surface area contributed by atoms with Crippen LogP contribution in [0, 0.1) is 0 Å². The van der Waals surface area contributed by atoms with Gasteiger partial charge in [-0.3, -0.25) is 14.5 Å². The van der Waals surface area contributed by atoms with E-state index in [9.17, 15) is 23.2 Å². The van der Waals surface area contributed by atoms with Crippen LogP contribution in [0.4, 0.5) is 13.6 Å². The number of halogens is 2. The second-order valence-corrected chi connectivity index (χ2v) is 6.48. The zero-order valence-corrected chi connectivity index (χ0v) is 15.5. The molecular weight excluding hydrogens is 384 g/mol.